The molecule has 2 aromatic carbocycles. The van der Waals surface area contributed by atoms with Crippen LogP contribution in [-0.4, -0.2) is 126 Å². The van der Waals surface area contributed by atoms with Crippen molar-refractivity contribution in [3.05, 3.63) is 108 Å². The van der Waals surface area contributed by atoms with Crippen LogP contribution in [-0.2, 0) is 42.1 Å². The molecule has 0 atom stereocenters. The molecular formula is C45H63N5O7S2+4. The molecule has 12 nitrogen and oxygen atoms in total. The van der Waals surface area contributed by atoms with Crippen molar-refractivity contribution in [1.29, 1.82) is 0 Å². The largest absolute Gasteiger partial charge is 0.477 e. The van der Waals surface area contributed by atoms with Gasteiger partial charge < -0.3 is 19.0 Å². The number of quaternary nitrogens is 2. The van der Waals surface area contributed by atoms with Crippen molar-refractivity contribution in [3.63, 3.8) is 0 Å². The minimum atomic E-state index is -4.43. The maximum absolute atomic E-state index is 12.7. The molecule has 0 spiro atoms. The lowest BCUT2D eigenvalue weighted by Crippen LogP contribution is -2.37. The molecule has 0 saturated carbocycles. The molecule has 0 aliphatic carbocycles. The molecule has 0 amide bonds. The predicted molar refractivity (Wildman–Crippen MR) is 234 cm³/mol. The van der Waals surface area contributed by atoms with Crippen LogP contribution < -0.4 is 9.47 Å². The number of fused-ring (bicyclic) bond motifs is 2. The van der Waals surface area contributed by atoms with Crippen LogP contribution >= 0.6 is 0 Å². The molecule has 59 heavy (non-hydrogen) atoms. The van der Waals surface area contributed by atoms with Crippen molar-refractivity contribution >= 4 is 48.6 Å². The smallest absolute Gasteiger partial charge is 0.370 e. The number of aliphatic carboxylic acids is 1. The van der Waals surface area contributed by atoms with Crippen LogP contribution in [0, 0.1) is 0 Å². The van der Waals surface area contributed by atoms with Crippen LogP contribution in [0.1, 0.15) is 57.2 Å². The molecule has 3 aromatic rings. The van der Waals surface area contributed by atoms with Gasteiger partial charge >= 0.3 is 5.97 Å². The molecular weight excluding hydrogens is 787 g/mol. The number of carboxylic acid groups (broad SMARTS) is 1. The second-order valence-electron chi connectivity index (χ2n) is 18.9. The quantitative estimate of drug-likeness (QED) is 0.0824. The summed E-state index contributed by atoms with van der Waals surface area (Å²) < 4.78 is 65.4. The lowest BCUT2D eigenvalue weighted by Gasteiger charge is -2.29. The van der Waals surface area contributed by atoms with E-state index in [2.05, 4.69) is 97.7 Å². The molecule has 0 unspecified atom stereocenters. The number of carboxylic acids is 1. The highest BCUT2D eigenvalue weighted by Gasteiger charge is 2.45. The van der Waals surface area contributed by atoms with E-state index >= 15 is 0 Å². The van der Waals surface area contributed by atoms with Gasteiger partial charge in [0.2, 0.25) is 12.2 Å². The van der Waals surface area contributed by atoms with Crippen LogP contribution in [0.2, 0.25) is 0 Å². The summed E-state index contributed by atoms with van der Waals surface area (Å²) in [6.07, 6.45) is 14.8. The summed E-state index contributed by atoms with van der Waals surface area (Å²) >= 11 is 0. The molecule has 0 bridgehead atoms. The SMILES string of the molecule is CC1(C)C(/C=C/C(=C/C=C2/N(CCC[N+](C)(C)C)c3ccc(S(C)(=O)=O)cc3C2(C)C)c2cc[n+](CC(=O)O)cc2)=[N+](CCC[N+](C)(C)C)c2ccc(S(=O)(=O)O)cc21. The Kier molecular flexibility index (Phi) is 12.8. The van der Waals surface area contributed by atoms with Crippen LogP contribution in [0.3, 0.4) is 0 Å². The standard InChI is InChI=1S/C45H61N5O7S2/c1-44(2)37-30-35(58(11,53)54)16-18-39(37)47(24-12-28-49(5,6)7)41(44)20-14-33(34-22-26-46(27-23-34)32-43(51)52)15-21-42-45(3,4)38-31-36(59(55,56)57)17-19-40(38)48(42)25-13-29-50(8,9)10/h14-23,26-27,30-31H,12-13,24-25,28-29,32H2,1-11H3/q+2/p+2. The second kappa shape index (κ2) is 16.5. The summed E-state index contributed by atoms with van der Waals surface area (Å²) in [5.74, 6) is -0.947. The third-order valence-corrected chi connectivity index (χ3v) is 13.2. The van der Waals surface area contributed by atoms with Crippen LogP contribution in [0.15, 0.2) is 101 Å². The Morgan fingerprint density at radius 3 is 1.98 bits per heavy atom. The number of rotatable bonds is 16. The van der Waals surface area contributed by atoms with E-state index in [9.17, 15) is 31.3 Å². The molecule has 5 rings (SSSR count). The first-order chi connectivity index (χ1) is 27.1. The van der Waals surface area contributed by atoms with E-state index in [1.165, 1.54) is 12.3 Å². The Hall–Kier alpha value is -4.47. The number of nitrogens with zero attached hydrogens (tertiary/aromatic N) is 5. The van der Waals surface area contributed by atoms with E-state index in [4.69, 9.17) is 0 Å². The van der Waals surface area contributed by atoms with Gasteiger partial charge in [0.05, 0.1) is 77.0 Å². The van der Waals surface area contributed by atoms with Gasteiger partial charge in [0.1, 0.15) is 0 Å². The van der Waals surface area contributed by atoms with E-state index in [-0.39, 0.29) is 16.3 Å². The number of anilines is 1. The molecule has 318 valence electrons. The summed E-state index contributed by atoms with van der Waals surface area (Å²) in [7, 11) is 5.07. The fourth-order valence-electron chi connectivity index (χ4n) is 8.09. The first kappa shape index (κ1) is 45.6. The first-order valence-electron chi connectivity index (χ1n) is 19.9. The second-order valence-corrected chi connectivity index (χ2v) is 22.4. The molecule has 1 aromatic heterocycles. The van der Waals surface area contributed by atoms with Gasteiger partial charge in [-0.1, -0.05) is 19.9 Å². The van der Waals surface area contributed by atoms with Crippen molar-refractivity contribution in [2.45, 2.75) is 67.7 Å². The number of carbonyl (C=O) groups is 1. The van der Waals surface area contributed by atoms with Gasteiger partial charge in [0.25, 0.3) is 10.1 Å². The summed E-state index contributed by atoms with van der Waals surface area (Å²) in [4.78, 5) is 14.0. The maximum atomic E-state index is 12.7. The number of hydrogen-bond acceptors (Lipinski definition) is 6. The maximum Gasteiger partial charge on any atom is 0.370 e. The molecule has 2 aliphatic rings. The zero-order chi connectivity index (χ0) is 43.9. The summed E-state index contributed by atoms with van der Waals surface area (Å²) in [5, 5.41) is 9.44. The number of sulfone groups is 1. The van der Waals surface area contributed by atoms with Crippen molar-refractivity contribution in [3.8, 4) is 0 Å². The topological polar surface area (TPSA) is 136 Å². The number of hydrogen-bond donors (Lipinski definition) is 2. The van der Waals surface area contributed by atoms with Gasteiger partial charge in [-0.25, -0.2) is 13.2 Å². The van der Waals surface area contributed by atoms with Gasteiger partial charge in [-0.2, -0.15) is 17.6 Å². The van der Waals surface area contributed by atoms with Crippen molar-refractivity contribution in [1.82, 2.24) is 0 Å². The number of pyridine rings is 1. The van der Waals surface area contributed by atoms with Gasteiger partial charge in [0.15, 0.2) is 34.5 Å². The number of allylic oxidation sites excluding steroid dienone is 6. The average Bonchev–Trinajstić information content (AvgIpc) is 3.44. The van der Waals surface area contributed by atoms with E-state index in [0.29, 0.717) is 6.54 Å². The Morgan fingerprint density at radius 2 is 1.41 bits per heavy atom. The third kappa shape index (κ3) is 10.6. The lowest BCUT2D eigenvalue weighted by molar-refractivity contribution is -0.871. The fraction of sp³-hybridized carbons (Fsp3) is 0.444. The van der Waals surface area contributed by atoms with Crippen molar-refractivity contribution < 1.29 is 49.4 Å². The van der Waals surface area contributed by atoms with Gasteiger partial charge in [-0.3, -0.25) is 4.55 Å². The first-order valence-corrected chi connectivity index (χ1v) is 23.2. The zero-order valence-corrected chi connectivity index (χ0v) is 38.2. The zero-order valence-electron chi connectivity index (χ0n) is 36.5. The van der Waals surface area contributed by atoms with Gasteiger partial charge in [0, 0.05) is 65.9 Å². The van der Waals surface area contributed by atoms with E-state index in [1.807, 2.05) is 24.3 Å². The lowest BCUT2D eigenvalue weighted by atomic mass is 9.81. The molecule has 0 radical (unpaired) electrons. The Balaban J connectivity index is 1.69. The Labute approximate surface area is 351 Å². The minimum Gasteiger partial charge on any atom is -0.477 e. The number of benzene rings is 2. The Morgan fingerprint density at radius 1 is 0.814 bits per heavy atom. The predicted octanol–water partition coefficient (Wildman–Crippen LogP) is 5.60. The molecule has 2 N–H and O–H groups in total. The average molecular weight is 850 g/mol. The normalized spacial score (nSPS) is 17.6. The highest BCUT2D eigenvalue weighted by Crippen LogP contribution is 2.49. The van der Waals surface area contributed by atoms with E-state index in [0.717, 1.165) is 86.5 Å². The third-order valence-electron chi connectivity index (χ3n) is 11.3. The van der Waals surface area contributed by atoms with Gasteiger partial charge in [-0.05, 0) is 73.0 Å². The minimum absolute atomic E-state index is 0.151. The van der Waals surface area contributed by atoms with E-state index in [1.54, 1.807) is 41.2 Å². The molecule has 0 saturated heterocycles. The van der Waals surface area contributed by atoms with Gasteiger partial charge in [-0.15, -0.1) is 0 Å². The fourth-order valence-corrected chi connectivity index (χ4v) is 9.24. The Bertz CT molecular complexity index is 2470. The molecule has 14 heteroatoms. The van der Waals surface area contributed by atoms with Crippen LogP contribution in [0.4, 0.5) is 11.4 Å². The molecule has 3 heterocycles. The van der Waals surface area contributed by atoms with Crippen LogP contribution in [0.25, 0.3) is 5.57 Å². The molecule has 0 fully saturated rings. The van der Waals surface area contributed by atoms with Crippen molar-refractivity contribution in [2.75, 3.05) is 79.6 Å². The van der Waals surface area contributed by atoms with E-state index < -0.39 is 36.8 Å². The summed E-state index contributed by atoms with van der Waals surface area (Å²) in [6, 6.07) is 14.0. The summed E-state index contributed by atoms with van der Waals surface area (Å²) in [6.45, 7) is 11.4. The highest BCUT2D eigenvalue weighted by atomic mass is 32.2. The van der Waals surface area contributed by atoms with Crippen molar-refractivity contribution in [2.24, 2.45) is 0 Å². The molecule has 2 aliphatic heterocycles. The number of aromatic nitrogens is 1. The summed E-state index contributed by atoms with van der Waals surface area (Å²) in [5.41, 5.74) is 6.08. The highest BCUT2D eigenvalue weighted by molar-refractivity contribution is 7.90. The van der Waals surface area contributed by atoms with Crippen LogP contribution in [0.5, 0.6) is 0 Å². The monoisotopic (exact) mass is 849 g/mol.